The van der Waals surface area contributed by atoms with Crippen molar-refractivity contribution in [1.82, 2.24) is 5.32 Å². The molecule has 17 heavy (non-hydrogen) atoms. The Kier molecular flexibility index (Phi) is 3.81. The molecule has 1 fully saturated rings. The number of aliphatic imine (C=N–C) groups is 1. The Morgan fingerprint density at radius 2 is 2.06 bits per heavy atom. The van der Waals surface area contributed by atoms with E-state index in [4.69, 9.17) is 4.74 Å². The lowest BCUT2D eigenvalue weighted by molar-refractivity contribution is 0.415. The average molecular weight is 230 g/mol. The van der Waals surface area contributed by atoms with Crippen molar-refractivity contribution in [2.45, 2.75) is 25.8 Å². The van der Waals surface area contributed by atoms with Crippen LogP contribution in [0.15, 0.2) is 41.5 Å². The molecule has 0 spiro atoms. The van der Waals surface area contributed by atoms with Gasteiger partial charge in [0.1, 0.15) is 11.6 Å². The Morgan fingerprint density at radius 1 is 1.35 bits per heavy atom. The first-order valence-corrected chi connectivity index (χ1v) is 5.93. The second kappa shape index (κ2) is 5.53. The first-order chi connectivity index (χ1) is 8.33. The van der Waals surface area contributed by atoms with Crippen molar-refractivity contribution in [2.24, 2.45) is 4.99 Å². The van der Waals surface area contributed by atoms with Crippen LogP contribution in [0.4, 0.5) is 0 Å². The maximum atomic E-state index is 5.15. The Morgan fingerprint density at radius 3 is 2.59 bits per heavy atom. The van der Waals surface area contributed by atoms with Gasteiger partial charge in [0.25, 0.3) is 0 Å². The summed E-state index contributed by atoms with van der Waals surface area (Å²) in [5, 5.41) is 3.22. The molecule has 3 heteroatoms. The summed E-state index contributed by atoms with van der Waals surface area (Å²) in [5.74, 6) is 1.80. The molecule has 0 aromatic heterocycles. The first kappa shape index (κ1) is 11.7. The van der Waals surface area contributed by atoms with Crippen molar-refractivity contribution in [2.75, 3.05) is 7.11 Å². The third-order valence-corrected chi connectivity index (χ3v) is 2.61. The summed E-state index contributed by atoms with van der Waals surface area (Å²) in [6.07, 6.45) is 6.28. The van der Waals surface area contributed by atoms with Crippen LogP contribution in [0.25, 0.3) is 0 Å². The highest BCUT2D eigenvalue weighted by molar-refractivity contribution is 5.99. The van der Waals surface area contributed by atoms with Crippen molar-refractivity contribution >= 4 is 5.84 Å². The lowest BCUT2D eigenvalue weighted by Crippen LogP contribution is -2.19. The summed E-state index contributed by atoms with van der Waals surface area (Å²) in [7, 11) is 1.67. The van der Waals surface area contributed by atoms with Gasteiger partial charge in [-0.1, -0.05) is 6.08 Å². The van der Waals surface area contributed by atoms with Gasteiger partial charge in [0, 0.05) is 5.56 Å². The predicted octanol–water partition coefficient (Wildman–Crippen LogP) is 2.73. The summed E-state index contributed by atoms with van der Waals surface area (Å²) in [6, 6.07) is 8.46. The highest BCUT2D eigenvalue weighted by Crippen LogP contribution is 2.24. The van der Waals surface area contributed by atoms with Crippen LogP contribution in [-0.2, 0) is 0 Å². The maximum absolute atomic E-state index is 5.15. The highest BCUT2D eigenvalue weighted by Gasteiger charge is 2.21. The van der Waals surface area contributed by atoms with Gasteiger partial charge in [0.05, 0.1) is 13.2 Å². The number of methoxy groups -OCH3 is 1. The number of rotatable bonds is 4. The number of ether oxygens (including phenoxy) is 1. The zero-order chi connectivity index (χ0) is 12.1. The molecule has 0 heterocycles. The van der Waals surface area contributed by atoms with Gasteiger partial charge in [-0.15, -0.1) is 0 Å². The van der Waals surface area contributed by atoms with Gasteiger partial charge in [-0.2, -0.15) is 0 Å². The molecule has 1 saturated carbocycles. The molecule has 1 aliphatic rings. The van der Waals surface area contributed by atoms with Gasteiger partial charge in [-0.25, -0.2) is 0 Å². The molecule has 0 amide bonds. The van der Waals surface area contributed by atoms with Crippen LogP contribution < -0.4 is 10.1 Å². The predicted molar refractivity (Wildman–Crippen MR) is 70.5 cm³/mol. The molecule has 0 bridgehead atoms. The van der Waals surface area contributed by atoms with Crippen molar-refractivity contribution in [1.29, 1.82) is 0 Å². The van der Waals surface area contributed by atoms with Crippen molar-refractivity contribution in [3.05, 3.63) is 42.1 Å². The maximum Gasteiger partial charge on any atom is 0.132 e. The number of benzene rings is 1. The quantitative estimate of drug-likeness (QED) is 0.637. The highest BCUT2D eigenvalue weighted by atomic mass is 16.5. The molecule has 1 N–H and O–H groups in total. The normalized spacial score (nSPS) is 16.2. The SMILES string of the molecule is C/C=C/NC(=NC1CC1)c1ccc(OC)cc1. The van der Waals surface area contributed by atoms with Crippen LogP contribution in [0.2, 0.25) is 0 Å². The Hall–Kier alpha value is -1.77. The van der Waals surface area contributed by atoms with Crippen molar-refractivity contribution < 1.29 is 4.74 Å². The number of nitrogens with zero attached hydrogens (tertiary/aromatic N) is 1. The van der Waals surface area contributed by atoms with E-state index in [1.54, 1.807) is 7.11 Å². The zero-order valence-electron chi connectivity index (χ0n) is 10.3. The van der Waals surface area contributed by atoms with E-state index in [0.717, 1.165) is 17.1 Å². The molecule has 90 valence electrons. The summed E-state index contributed by atoms with van der Waals surface area (Å²) < 4.78 is 5.15. The van der Waals surface area contributed by atoms with Crippen LogP contribution in [0, 0.1) is 0 Å². The average Bonchev–Trinajstić information content (AvgIpc) is 3.18. The fourth-order valence-electron chi connectivity index (χ4n) is 1.49. The number of hydrogen-bond acceptors (Lipinski definition) is 2. The smallest absolute Gasteiger partial charge is 0.132 e. The van der Waals surface area contributed by atoms with E-state index >= 15 is 0 Å². The van der Waals surface area contributed by atoms with Gasteiger partial charge in [0.2, 0.25) is 0 Å². The third-order valence-electron chi connectivity index (χ3n) is 2.61. The summed E-state index contributed by atoms with van der Waals surface area (Å²) in [5.41, 5.74) is 1.09. The Labute approximate surface area is 102 Å². The number of hydrogen-bond donors (Lipinski definition) is 1. The lowest BCUT2D eigenvalue weighted by Gasteiger charge is -2.07. The first-order valence-electron chi connectivity index (χ1n) is 5.93. The van der Waals surface area contributed by atoms with Crippen LogP contribution in [0.5, 0.6) is 5.75 Å². The Balaban J connectivity index is 2.18. The molecule has 1 aromatic rings. The second-order valence-corrected chi connectivity index (χ2v) is 4.08. The minimum absolute atomic E-state index is 0.504. The topological polar surface area (TPSA) is 33.6 Å². The van der Waals surface area contributed by atoms with Crippen LogP contribution in [0.3, 0.4) is 0 Å². The van der Waals surface area contributed by atoms with Gasteiger partial charge >= 0.3 is 0 Å². The van der Waals surface area contributed by atoms with Gasteiger partial charge in [-0.05, 0) is 50.2 Å². The standard InChI is InChI=1S/C14H18N2O/c1-3-10-15-14(16-12-6-7-12)11-4-8-13(17-2)9-5-11/h3-5,8-10,12H,6-7H2,1-2H3,(H,15,16)/b10-3+. The van der Waals surface area contributed by atoms with E-state index in [9.17, 15) is 0 Å². The fourth-order valence-corrected chi connectivity index (χ4v) is 1.49. The molecule has 1 aliphatic carbocycles. The number of nitrogens with one attached hydrogen (secondary N) is 1. The monoisotopic (exact) mass is 230 g/mol. The molecule has 0 radical (unpaired) electrons. The van der Waals surface area contributed by atoms with Gasteiger partial charge in [-0.3, -0.25) is 4.99 Å². The molecule has 2 rings (SSSR count). The molecule has 1 aromatic carbocycles. The van der Waals surface area contributed by atoms with E-state index in [2.05, 4.69) is 10.3 Å². The lowest BCUT2D eigenvalue weighted by atomic mass is 10.2. The van der Waals surface area contributed by atoms with E-state index < -0.39 is 0 Å². The molecular formula is C14H18N2O. The molecule has 0 saturated heterocycles. The van der Waals surface area contributed by atoms with E-state index in [1.165, 1.54) is 12.8 Å². The minimum Gasteiger partial charge on any atom is -0.497 e. The fraction of sp³-hybridized carbons (Fsp3) is 0.357. The molecule has 3 nitrogen and oxygen atoms in total. The van der Waals surface area contributed by atoms with Crippen molar-refractivity contribution in [3.63, 3.8) is 0 Å². The second-order valence-electron chi connectivity index (χ2n) is 4.08. The summed E-state index contributed by atoms with van der Waals surface area (Å²) in [6.45, 7) is 1.98. The van der Waals surface area contributed by atoms with E-state index in [0.29, 0.717) is 6.04 Å². The molecule has 0 unspecified atom stereocenters. The van der Waals surface area contributed by atoms with Gasteiger partial charge < -0.3 is 10.1 Å². The largest absolute Gasteiger partial charge is 0.497 e. The van der Waals surface area contributed by atoms with E-state index in [-0.39, 0.29) is 0 Å². The molecular weight excluding hydrogens is 212 g/mol. The summed E-state index contributed by atoms with van der Waals surface area (Å²) in [4.78, 5) is 4.66. The summed E-state index contributed by atoms with van der Waals surface area (Å²) >= 11 is 0. The molecule has 0 aliphatic heterocycles. The number of amidine groups is 1. The minimum atomic E-state index is 0.504. The van der Waals surface area contributed by atoms with Crippen LogP contribution in [0.1, 0.15) is 25.3 Å². The third kappa shape index (κ3) is 3.34. The molecule has 0 atom stereocenters. The van der Waals surface area contributed by atoms with Crippen molar-refractivity contribution in [3.8, 4) is 5.75 Å². The van der Waals surface area contributed by atoms with E-state index in [1.807, 2.05) is 43.5 Å². The van der Waals surface area contributed by atoms with Crippen LogP contribution in [-0.4, -0.2) is 19.0 Å². The zero-order valence-corrected chi connectivity index (χ0v) is 10.3. The van der Waals surface area contributed by atoms with Crippen LogP contribution >= 0.6 is 0 Å². The Bertz CT molecular complexity index is 416. The number of allylic oxidation sites excluding steroid dienone is 1. The van der Waals surface area contributed by atoms with Gasteiger partial charge in [0.15, 0.2) is 0 Å².